The minimum absolute atomic E-state index is 0.0479. The summed E-state index contributed by atoms with van der Waals surface area (Å²) in [6.07, 6.45) is 0.819. The third-order valence-electron chi connectivity index (χ3n) is 8.07. The molecular formula is C27H27F2NO6. The lowest BCUT2D eigenvalue weighted by atomic mass is 9.76. The molecule has 0 aromatic heterocycles. The van der Waals surface area contributed by atoms with Crippen LogP contribution in [-0.2, 0) is 15.0 Å². The second-order valence-electron chi connectivity index (χ2n) is 10.3. The van der Waals surface area contributed by atoms with Gasteiger partial charge in [0.2, 0.25) is 5.91 Å². The van der Waals surface area contributed by atoms with Crippen molar-refractivity contribution < 1.29 is 37.7 Å². The van der Waals surface area contributed by atoms with Gasteiger partial charge in [0.1, 0.15) is 11.9 Å². The van der Waals surface area contributed by atoms with Gasteiger partial charge >= 0.3 is 12.3 Å². The van der Waals surface area contributed by atoms with Crippen LogP contribution in [0.2, 0.25) is 0 Å². The van der Waals surface area contributed by atoms with E-state index in [2.05, 4.69) is 14.8 Å². The van der Waals surface area contributed by atoms with Crippen LogP contribution in [0, 0.1) is 11.8 Å². The van der Waals surface area contributed by atoms with Crippen LogP contribution in [0.5, 0.6) is 17.2 Å². The summed E-state index contributed by atoms with van der Waals surface area (Å²) in [5, 5.41) is 12.7. The van der Waals surface area contributed by atoms with E-state index in [0.29, 0.717) is 43.4 Å². The smallest absolute Gasteiger partial charge is 0.490 e. The van der Waals surface area contributed by atoms with Crippen LogP contribution in [0.25, 0.3) is 0 Å². The van der Waals surface area contributed by atoms with Gasteiger partial charge in [-0.05, 0) is 61.8 Å². The molecule has 9 heteroatoms. The maximum atomic E-state index is 13.6. The summed E-state index contributed by atoms with van der Waals surface area (Å²) >= 11 is 0. The fourth-order valence-electron chi connectivity index (χ4n) is 5.98. The lowest BCUT2D eigenvalue weighted by Crippen LogP contribution is -2.43. The largest absolute Gasteiger partial charge is 0.586 e. The molecule has 2 unspecified atom stereocenters. The van der Waals surface area contributed by atoms with E-state index in [1.165, 1.54) is 12.1 Å². The van der Waals surface area contributed by atoms with Gasteiger partial charge in [-0.2, -0.15) is 0 Å². The zero-order valence-corrected chi connectivity index (χ0v) is 19.5. The Balaban J connectivity index is 1.22. The van der Waals surface area contributed by atoms with Gasteiger partial charge in [-0.3, -0.25) is 9.59 Å². The van der Waals surface area contributed by atoms with Crippen LogP contribution >= 0.6 is 0 Å². The predicted octanol–water partition coefficient (Wildman–Crippen LogP) is 4.94. The second kappa shape index (κ2) is 8.35. The minimum atomic E-state index is -3.71. The first-order valence-electron chi connectivity index (χ1n) is 12.4. The van der Waals surface area contributed by atoms with Crippen molar-refractivity contribution in [1.29, 1.82) is 0 Å². The fraction of sp³-hybridized carbons (Fsp3) is 0.481. The van der Waals surface area contributed by atoms with Crippen molar-refractivity contribution in [1.82, 2.24) is 5.32 Å². The molecule has 7 nitrogen and oxygen atoms in total. The summed E-state index contributed by atoms with van der Waals surface area (Å²) in [5.41, 5.74) is 0.695. The van der Waals surface area contributed by atoms with Crippen molar-refractivity contribution in [2.75, 3.05) is 0 Å². The monoisotopic (exact) mass is 499 g/mol. The standard InChI is InChI=1S/C27H27F2NO6/c28-27(29)35-21-9-8-17(13-23(21)36-27)26(10-11-26)25(33)30-19-14-22(34-20-7-2-1-6-18(19)20)15-4-3-5-16(12-15)24(31)32/h1-2,6-9,13,15-16,19,22H,3-5,10-12,14H2,(H,30,33)(H,31,32)/t15?,16?,19-,22-/m1/s1. The Bertz CT molecular complexity index is 1210. The van der Waals surface area contributed by atoms with E-state index in [9.17, 15) is 23.5 Å². The van der Waals surface area contributed by atoms with Crippen LogP contribution in [0.1, 0.15) is 62.1 Å². The molecule has 2 aliphatic carbocycles. The molecule has 2 aliphatic heterocycles. The van der Waals surface area contributed by atoms with E-state index in [0.717, 1.165) is 18.4 Å². The number of rotatable bonds is 5. The Labute approximate surface area is 206 Å². The van der Waals surface area contributed by atoms with Gasteiger partial charge in [-0.15, -0.1) is 8.78 Å². The molecule has 4 atom stereocenters. The molecule has 190 valence electrons. The van der Waals surface area contributed by atoms with E-state index in [1.54, 1.807) is 6.07 Å². The van der Waals surface area contributed by atoms with Gasteiger partial charge in [0.25, 0.3) is 0 Å². The highest BCUT2D eigenvalue weighted by Gasteiger charge is 2.53. The molecule has 2 aromatic carbocycles. The number of aliphatic carboxylic acids is 1. The van der Waals surface area contributed by atoms with Crippen molar-refractivity contribution >= 4 is 11.9 Å². The Kier molecular flexibility index (Phi) is 5.35. The van der Waals surface area contributed by atoms with E-state index in [1.807, 2.05) is 24.3 Å². The van der Waals surface area contributed by atoms with Gasteiger partial charge in [0.15, 0.2) is 11.5 Å². The van der Waals surface area contributed by atoms with Crippen molar-refractivity contribution in [3.05, 3.63) is 53.6 Å². The third-order valence-corrected chi connectivity index (χ3v) is 8.07. The number of amides is 1. The number of carboxylic acids is 1. The van der Waals surface area contributed by atoms with Gasteiger partial charge in [-0.25, -0.2) is 0 Å². The van der Waals surface area contributed by atoms with Gasteiger partial charge in [0, 0.05) is 12.0 Å². The zero-order valence-electron chi connectivity index (χ0n) is 19.5. The summed E-state index contributed by atoms with van der Waals surface area (Å²) < 4.78 is 42.4. The number of halogens is 2. The number of alkyl halides is 2. The molecule has 2 N–H and O–H groups in total. The summed E-state index contributed by atoms with van der Waals surface area (Å²) in [4.78, 5) is 25.2. The number of carbonyl (C=O) groups excluding carboxylic acids is 1. The van der Waals surface area contributed by atoms with Crippen LogP contribution in [0.3, 0.4) is 0 Å². The molecular weight excluding hydrogens is 472 g/mol. The number of carbonyl (C=O) groups is 2. The van der Waals surface area contributed by atoms with Crippen molar-refractivity contribution in [2.45, 2.75) is 68.8 Å². The van der Waals surface area contributed by atoms with E-state index in [4.69, 9.17) is 4.74 Å². The summed E-state index contributed by atoms with van der Waals surface area (Å²) in [6, 6.07) is 11.8. The number of fused-ring (bicyclic) bond motifs is 2. The molecule has 2 saturated carbocycles. The number of para-hydroxylation sites is 1. The molecule has 36 heavy (non-hydrogen) atoms. The maximum Gasteiger partial charge on any atom is 0.586 e. The average Bonchev–Trinajstić information content (AvgIpc) is 3.61. The maximum absolute atomic E-state index is 13.6. The van der Waals surface area contributed by atoms with E-state index >= 15 is 0 Å². The SMILES string of the molecule is O=C(O)C1CCCC([C@H]2C[C@@H](NC(=O)C3(c4ccc5c(c4)OC(F)(F)O5)CC3)c3ccccc3O2)C1. The molecule has 2 aromatic rings. The fourth-order valence-corrected chi connectivity index (χ4v) is 5.98. The lowest BCUT2D eigenvalue weighted by Gasteiger charge is -2.39. The molecule has 0 spiro atoms. The number of benzene rings is 2. The normalized spacial score (nSPS) is 28.9. The highest BCUT2D eigenvalue weighted by Crippen LogP contribution is 2.52. The summed E-state index contributed by atoms with van der Waals surface area (Å²) in [7, 11) is 0. The number of hydrogen-bond donors (Lipinski definition) is 2. The molecule has 0 radical (unpaired) electrons. The molecule has 1 amide bonds. The van der Waals surface area contributed by atoms with Crippen molar-refractivity contribution in [3.8, 4) is 17.2 Å². The van der Waals surface area contributed by atoms with Crippen LogP contribution in [-0.4, -0.2) is 29.4 Å². The van der Waals surface area contributed by atoms with Crippen molar-refractivity contribution in [3.63, 3.8) is 0 Å². The zero-order chi connectivity index (χ0) is 25.1. The Morgan fingerprint density at radius 1 is 0.972 bits per heavy atom. The molecule has 2 heterocycles. The number of carboxylic acid groups (broad SMARTS) is 1. The van der Waals surface area contributed by atoms with Crippen LogP contribution in [0.15, 0.2) is 42.5 Å². The predicted molar refractivity (Wildman–Crippen MR) is 123 cm³/mol. The first kappa shape index (κ1) is 23.1. The van der Waals surface area contributed by atoms with Gasteiger partial charge in [0.05, 0.1) is 17.4 Å². The average molecular weight is 500 g/mol. The van der Waals surface area contributed by atoms with Gasteiger partial charge in [-0.1, -0.05) is 30.7 Å². The molecule has 0 saturated heterocycles. The van der Waals surface area contributed by atoms with Crippen LogP contribution < -0.4 is 19.5 Å². The highest BCUT2D eigenvalue weighted by atomic mass is 19.3. The number of nitrogens with one attached hydrogen (secondary N) is 1. The lowest BCUT2D eigenvalue weighted by molar-refractivity contribution is -0.286. The summed E-state index contributed by atoms with van der Waals surface area (Å²) in [5.74, 6) is -0.624. The molecule has 6 rings (SSSR count). The van der Waals surface area contributed by atoms with Gasteiger partial charge < -0.3 is 24.6 Å². The molecule has 4 aliphatic rings. The molecule has 0 bridgehead atoms. The highest BCUT2D eigenvalue weighted by molar-refractivity contribution is 5.92. The Hall–Kier alpha value is -3.36. The number of hydrogen-bond acceptors (Lipinski definition) is 5. The quantitative estimate of drug-likeness (QED) is 0.605. The second-order valence-corrected chi connectivity index (χ2v) is 10.3. The first-order chi connectivity index (χ1) is 17.2. The Morgan fingerprint density at radius 2 is 1.75 bits per heavy atom. The summed E-state index contributed by atoms with van der Waals surface area (Å²) in [6.45, 7) is 0. The van der Waals surface area contributed by atoms with Crippen LogP contribution in [0.4, 0.5) is 8.78 Å². The molecule has 2 fully saturated rings. The van der Waals surface area contributed by atoms with E-state index < -0.39 is 17.7 Å². The Morgan fingerprint density at radius 3 is 2.53 bits per heavy atom. The van der Waals surface area contributed by atoms with E-state index in [-0.39, 0.29) is 41.4 Å². The third kappa shape index (κ3) is 4.04. The number of ether oxygens (including phenoxy) is 3. The van der Waals surface area contributed by atoms with Crippen molar-refractivity contribution in [2.24, 2.45) is 11.8 Å². The topological polar surface area (TPSA) is 94.1 Å². The first-order valence-corrected chi connectivity index (χ1v) is 12.4. The minimum Gasteiger partial charge on any atom is -0.490 e.